The van der Waals surface area contributed by atoms with Gasteiger partial charge in [0.15, 0.2) is 0 Å². The van der Waals surface area contributed by atoms with E-state index in [0.717, 1.165) is 5.92 Å². The number of benzene rings is 1. The summed E-state index contributed by atoms with van der Waals surface area (Å²) in [6.45, 7) is 3.61. The van der Waals surface area contributed by atoms with Crippen LogP contribution in [0.5, 0.6) is 0 Å². The van der Waals surface area contributed by atoms with Crippen molar-refractivity contribution in [3.8, 4) is 0 Å². The lowest BCUT2D eigenvalue weighted by Gasteiger charge is -2.23. The van der Waals surface area contributed by atoms with Crippen molar-refractivity contribution in [2.75, 3.05) is 31.6 Å². The maximum atomic E-state index is 3.45. The lowest BCUT2D eigenvalue weighted by atomic mass is 9.88. The minimum atomic E-state index is 0.897. The molecule has 0 radical (unpaired) electrons. The first-order chi connectivity index (χ1) is 8.34. The predicted octanol–water partition coefficient (Wildman–Crippen LogP) is 2.22. The summed E-state index contributed by atoms with van der Waals surface area (Å²) < 4.78 is 0. The molecule has 17 heavy (non-hydrogen) atoms. The summed E-state index contributed by atoms with van der Waals surface area (Å²) in [7, 11) is 2.21. The average molecular weight is 230 g/mol. The van der Waals surface area contributed by atoms with Gasteiger partial charge in [0, 0.05) is 19.3 Å². The second-order valence-electron chi connectivity index (χ2n) is 5.48. The van der Waals surface area contributed by atoms with E-state index in [9.17, 15) is 0 Å². The molecule has 3 rings (SSSR count). The molecule has 0 spiro atoms. The highest BCUT2D eigenvalue weighted by Gasteiger charge is 2.21. The van der Waals surface area contributed by atoms with Crippen LogP contribution in [0.2, 0.25) is 0 Å². The molecule has 0 bridgehead atoms. The third-order valence-corrected chi connectivity index (χ3v) is 4.32. The molecule has 2 aliphatic heterocycles. The molecule has 1 aromatic carbocycles. The first-order valence-electron chi connectivity index (χ1n) is 6.87. The molecule has 1 N–H and O–H groups in total. The van der Waals surface area contributed by atoms with E-state index in [1.165, 1.54) is 51.0 Å². The second kappa shape index (κ2) is 4.69. The number of hydrogen-bond acceptors (Lipinski definition) is 2. The van der Waals surface area contributed by atoms with Crippen molar-refractivity contribution in [3.63, 3.8) is 0 Å². The van der Waals surface area contributed by atoms with Gasteiger partial charge in [0.1, 0.15) is 0 Å². The van der Waals surface area contributed by atoms with Crippen molar-refractivity contribution in [2.24, 2.45) is 5.92 Å². The van der Waals surface area contributed by atoms with Gasteiger partial charge in [-0.15, -0.1) is 0 Å². The Morgan fingerprint density at radius 3 is 2.94 bits per heavy atom. The Balaban J connectivity index is 1.79. The van der Waals surface area contributed by atoms with Gasteiger partial charge in [-0.1, -0.05) is 12.1 Å². The van der Waals surface area contributed by atoms with Crippen LogP contribution in [0.25, 0.3) is 0 Å². The summed E-state index contributed by atoms with van der Waals surface area (Å²) in [5.74, 6) is 0.897. The molecule has 2 aliphatic rings. The number of anilines is 1. The van der Waals surface area contributed by atoms with E-state index >= 15 is 0 Å². The van der Waals surface area contributed by atoms with Crippen molar-refractivity contribution < 1.29 is 0 Å². The number of piperidine rings is 1. The van der Waals surface area contributed by atoms with Crippen LogP contribution in [-0.4, -0.2) is 26.7 Å². The Hall–Kier alpha value is -1.02. The molecule has 2 nitrogen and oxygen atoms in total. The number of hydrogen-bond donors (Lipinski definition) is 1. The van der Waals surface area contributed by atoms with Crippen molar-refractivity contribution in [3.05, 3.63) is 29.3 Å². The number of rotatable bonds is 2. The number of nitrogens with one attached hydrogen (secondary N) is 1. The van der Waals surface area contributed by atoms with Crippen LogP contribution < -0.4 is 10.2 Å². The second-order valence-corrected chi connectivity index (χ2v) is 5.48. The van der Waals surface area contributed by atoms with Crippen molar-refractivity contribution in [1.29, 1.82) is 0 Å². The predicted molar refractivity (Wildman–Crippen MR) is 72.7 cm³/mol. The summed E-state index contributed by atoms with van der Waals surface area (Å²) in [5, 5.41) is 3.45. The van der Waals surface area contributed by atoms with E-state index in [0.29, 0.717) is 0 Å². The van der Waals surface area contributed by atoms with Crippen LogP contribution in [0.4, 0.5) is 5.69 Å². The Morgan fingerprint density at radius 2 is 2.12 bits per heavy atom. The van der Waals surface area contributed by atoms with Gasteiger partial charge in [0.05, 0.1) is 0 Å². The summed E-state index contributed by atoms with van der Waals surface area (Å²) in [6.07, 6.45) is 5.23. The monoisotopic (exact) mass is 230 g/mol. The molecular weight excluding hydrogens is 208 g/mol. The van der Waals surface area contributed by atoms with Crippen LogP contribution in [0, 0.1) is 5.92 Å². The summed E-state index contributed by atoms with van der Waals surface area (Å²) in [6, 6.07) is 6.85. The van der Waals surface area contributed by atoms with E-state index in [4.69, 9.17) is 0 Å². The molecule has 0 unspecified atom stereocenters. The normalized spacial score (nSPS) is 20.6. The highest BCUT2D eigenvalue weighted by molar-refractivity contribution is 5.60. The largest absolute Gasteiger partial charge is 0.374 e. The minimum Gasteiger partial charge on any atom is -0.374 e. The van der Waals surface area contributed by atoms with Crippen molar-refractivity contribution >= 4 is 5.69 Å². The highest BCUT2D eigenvalue weighted by atomic mass is 15.1. The fourth-order valence-electron chi connectivity index (χ4n) is 3.26. The lowest BCUT2D eigenvalue weighted by molar-refractivity contribution is 0.372. The third kappa shape index (κ3) is 2.19. The van der Waals surface area contributed by atoms with Gasteiger partial charge in [0.25, 0.3) is 0 Å². The van der Waals surface area contributed by atoms with Crippen LogP contribution in [0.15, 0.2) is 18.2 Å². The molecule has 1 aromatic rings. The van der Waals surface area contributed by atoms with Gasteiger partial charge in [-0.2, -0.15) is 0 Å². The molecule has 92 valence electrons. The minimum absolute atomic E-state index is 0.897. The zero-order valence-corrected chi connectivity index (χ0v) is 10.7. The standard InChI is InChI=1S/C15H22N2/c1-17-10-7-14-13(3-2-4-15(14)17)11-12-5-8-16-9-6-12/h2-4,12,16H,5-11H2,1H3. The van der Waals surface area contributed by atoms with Gasteiger partial charge in [-0.05, 0) is 61.9 Å². The molecule has 0 saturated carbocycles. The number of fused-ring (bicyclic) bond motifs is 1. The Bertz CT molecular complexity index is 394. The highest BCUT2D eigenvalue weighted by Crippen LogP contribution is 2.31. The molecule has 2 heteroatoms. The quantitative estimate of drug-likeness (QED) is 0.838. The van der Waals surface area contributed by atoms with E-state index in [2.05, 4.69) is 35.5 Å². The zero-order chi connectivity index (χ0) is 11.7. The smallest absolute Gasteiger partial charge is 0.0399 e. The van der Waals surface area contributed by atoms with E-state index < -0.39 is 0 Å². The lowest BCUT2D eigenvalue weighted by Crippen LogP contribution is -2.28. The van der Waals surface area contributed by atoms with Gasteiger partial charge >= 0.3 is 0 Å². The fraction of sp³-hybridized carbons (Fsp3) is 0.600. The SMILES string of the molecule is CN1CCc2c(CC3CCNCC3)cccc21. The Morgan fingerprint density at radius 1 is 1.29 bits per heavy atom. The van der Waals surface area contributed by atoms with Crippen LogP contribution in [0.3, 0.4) is 0 Å². The first-order valence-corrected chi connectivity index (χ1v) is 6.87. The maximum Gasteiger partial charge on any atom is 0.0399 e. The van der Waals surface area contributed by atoms with Crippen LogP contribution >= 0.6 is 0 Å². The average Bonchev–Trinajstić information content (AvgIpc) is 2.74. The molecular formula is C15H22N2. The topological polar surface area (TPSA) is 15.3 Å². The maximum absolute atomic E-state index is 3.45. The molecule has 1 fully saturated rings. The molecule has 0 aliphatic carbocycles. The Labute approximate surface area is 104 Å². The molecule has 1 saturated heterocycles. The van der Waals surface area contributed by atoms with Gasteiger partial charge in [-0.25, -0.2) is 0 Å². The van der Waals surface area contributed by atoms with E-state index in [1.807, 2.05) is 0 Å². The van der Waals surface area contributed by atoms with Gasteiger partial charge in [0.2, 0.25) is 0 Å². The van der Waals surface area contributed by atoms with Crippen LogP contribution in [0.1, 0.15) is 24.0 Å². The van der Waals surface area contributed by atoms with Crippen molar-refractivity contribution in [1.82, 2.24) is 5.32 Å². The fourth-order valence-corrected chi connectivity index (χ4v) is 3.26. The molecule has 2 heterocycles. The Kier molecular flexibility index (Phi) is 3.06. The summed E-state index contributed by atoms with van der Waals surface area (Å²) in [5.41, 5.74) is 4.70. The first kappa shape index (κ1) is 11.1. The van der Waals surface area contributed by atoms with E-state index in [1.54, 1.807) is 11.1 Å². The van der Waals surface area contributed by atoms with Crippen LogP contribution in [-0.2, 0) is 12.8 Å². The van der Waals surface area contributed by atoms with Gasteiger partial charge in [-0.3, -0.25) is 0 Å². The third-order valence-electron chi connectivity index (χ3n) is 4.32. The summed E-state index contributed by atoms with van der Waals surface area (Å²) >= 11 is 0. The zero-order valence-electron chi connectivity index (χ0n) is 10.7. The number of nitrogens with zero attached hydrogens (tertiary/aromatic N) is 1. The molecule has 0 amide bonds. The van der Waals surface area contributed by atoms with E-state index in [-0.39, 0.29) is 0 Å². The van der Waals surface area contributed by atoms with Crippen molar-refractivity contribution in [2.45, 2.75) is 25.7 Å². The summed E-state index contributed by atoms with van der Waals surface area (Å²) in [4.78, 5) is 2.39. The number of likely N-dealkylation sites (N-methyl/N-ethyl adjacent to an activating group) is 1. The molecule has 0 aromatic heterocycles. The molecule has 0 atom stereocenters. The van der Waals surface area contributed by atoms with Gasteiger partial charge < -0.3 is 10.2 Å².